The molecule has 4 rings (SSSR count). The fourth-order valence-corrected chi connectivity index (χ4v) is 3.00. The molecule has 130 valence electrons. The van der Waals surface area contributed by atoms with Crippen LogP contribution in [-0.2, 0) is 13.6 Å². The van der Waals surface area contributed by atoms with E-state index in [1.807, 2.05) is 24.3 Å². The molecule has 0 unspecified atom stereocenters. The molecule has 2 heterocycles. The van der Waals surface area contributed by atoms with Crippen LogP contribution >= 0.6 is 12.2 Å². The number of aromatic amines is 2. The van der Waals surface area contributed by atoms with E-state index in [0.717, 1.165) is 11.0 Å². The largest absolute Gasteiger partial charge is 0.345 e. The number of aromatic nitrogens is 4. The molecule has 7 nitrogen and oxygen atoms in total. The summed E-state index contributed by atoms with van der Waals surface area (Å²) in [6.45, 7) is 0.276. The summed E-state index contributed by atoms with van der Waals surface area (Å²) in [6, 6.07) is 12.5. The molecule has 0 fully saturated rings. The Morgan fingerprint density at radius 2 is 2.00 bits per heavy atom. The second-order valence-electron chi connectivity index (χ2n) is 5.94. The summed E-state index contributed by atoms with van der Waals surface area (Å²) in [5.41, 5.74) is 2.55. The number of fused-ring (bicyclic) bond motifs is 2. The summed E-state index contributed by atoms with van der Waals surface area (Å²) in [5.74, 6) is 0.418. The Labute approximate surface area is 152 Å². The third-order valence-electron chi connectivity index (χ3n) is 4.22. The number of rotatable bonds is 3. The van der Waals surface area contributed by atoms with E-state index in [9.17, 15) is 9.59 Å². The lowest BCUT2D eigenvalue weighted by atomic mass is 10.1. The second-order valence-corrected chi connectivity index (χ2v) is 6.32. The van der Waals surface area contributed by atoms with Crippen molar-refractivity contribution in [2.45, 2.75) is 6.54 Å². The summed E-state index contributed by atoms with van der Waals surface area (Å²) < 4.78 is 1.67. The molecule has 0 radical (unpaired) electrons. The number of hydrogen-bond acceptors (Lipinski definition) is 4. The molecule has 0 aliphatic heterocycles. The Kier molecular flexibility index (Phi) is 3.89. The number of H-pyrrole nitrogens is 2. The molecule has 0 aliphatic carbocycles. The maximum Gasteiger partial charge on any atom is 0.261 e. The number of amides is 1. The lowest BCUT2D eigenvalue weighted by Gasteiger charge is -2.06. The minimum Gasteiger partial charge on any atom is -0.345 e. The average Bonchev–Trinajstić information content (AvgIpc) is 3.07. The van der Waals surface area contributed by atoms with Crippen LogP contribution in [0, 0.1) is 4.77 Å². The summed E-state index contributed by atoms with van der Waals surface area (Å²) in [5, 5.41) is 3.31. The smallest absolute Gasteiger partial charge is 0.261 e. The number of para-hydroxylation sites is 2. The molecule has 0 aliphatic rings. The van der Waals surface area contributed by atoms with E-state index in [2.05, 4.69) is 20.3 Å². The first-order chi connectivity index (χ1) is 12.5. The van der Waals surface area contributed by atoms with Crippen LogP contribution in [-0.4, -0.2) is 25.4 Å². The van der Waals surface area contributed by atoms with Gasteiger partial charge in [-0.25, -0.2) is 4.98 Å². The van der Waals surface area contributed by atoms with Crippen LogP contribution in [0.15, 0.2) is 47.3 Å². The number of carbonyl (C=O) groups is 1. The predicted octanol–water partition coefficient (Wildman–Crippen LogP) is 2.40. The van der Waals surface area contributed by atoms with Crippen LogP contribution in [0.25, 0.3) is 21.9 Å². The van der Waals surface area contributed by atoms with Gasteiger partial charge >= 0.3 is 0 Å². The Balaban J connectivity index is 1.58. The molecule has 4 aromatic rings. The van der Waals surface area contributed by atoms with Crippen LogP contribution < -0.4 is 10.9 Å². The van der Waals surface area contributed by atoms with Gasteiger partial charge < -0.3 is 15.3 Å². The van der Waals surface area contributed by atoms with Gasteiger partial charge in [-0.2, -0.15) is 0 Å². The number of benzene rings is 2. The first-order valence-corrected chi connectivity index (χ1v) is 8.38. The standard InChI is InChI=1S/C18H15N5O2S/c1-23-17(25)11-7-6-10(8-14(11)22-18(23)26)16(24)19-9-15-20-12-4-2-3-5-13(12)21-15/h2-8H,9H2,1H3,(H,19,24)(H,20,21)(H,22,26). The molecule has 0 spiro atoms. The number of imidazole rings is 1. The van der Waals surface area contributed by atoms with Gasteiger partial charge in [-0.1, -0.05) is 12.1 Å². The van der Waals surface area contributed by atoms with Gasteiger partial charge in [0.25, 0.3) is 11.5 Å². The van der Waals surface area contributed by atoms with Crippen molar-refractivity contribution in [2.75, 3.05) is 0 Å². The maximum absolute atomic E-state index is 12.4. The normalized spacial score (nSPS) is 11.1. The van der Waals surface area contributed by atoms with Gasteiger partial charge in [0.15, 0.2) is 4.77 Å². The number of nitrogens with one attached hydrogen (secondary N) is 3. The van der Waals surface area contributed by atoms with E-state index >= 15 is 0 Å². The van der Waals surface area contributed by atoms with E-state index in [0.29, 0.717) is 27.1 Å². The minimum atomic E-state index is -0.257. The second kappa shape index (κ2) is 6.23. The van der Waals surface area contributed by atoms with Crippen LogP contribution in [0.1, 0.15) is 16.2 Å². The predicted molar refractivity (Wildman–Crippen MR) is 102 cm³/mol. The van der Waals surface area contributed by atoms with Crippen molar-refractivity contribution in [2.24, 2.45) is 7.05 Å². The highest BCUT2D eigenvalue weighted by Crippen LogP contribution is 2.12. The quantitative estimate of drug-likeness (QED) is 0.486. The van der Waals surface area contributed by atoms with Gasteiger partial charge in [-0.3, -0.25) is 14.2 Å². The zero-order chi connectivity index (χ0) is 18.3. The Morgan fingerprint density at radius 1 is 1.19 bits per heavy atom. The van der Waals surface area contributed by atoms with Gasteiger partial charge in [0.1, 0.15) is 5.82 Å². The highest BCUT2D eigenvalue weighted by Gasteiger charge is 2.10. The van der Waals surface area contributed by atoms with Crippen LogP contribution in [0.5, 0.6) is 0 Å². The molecule has 26 heavy (non-hydrogen) atoms. The molecule has 3 N–H and O–H groups in total. The van der Waals surface area contributed by atoms with Crippen molar-refractivity contribution in [1.82, 2.24) is 24.8 Å². The molecule has 1 amide bonds. The Hall–Kier alpha value is -3.26. The molecular weight excluding hydrogens is 350 g/mol. The van der Waals surface area contributed by atoms with Crippen molar-refractivity contribution in [1.29, 1.82) is 0 Å². The molecule has 0 saturated carbocycles. The van der Waals surface area contributed by atoms with Gasteiger partial charge in [0, 0.05) is 12.6 Å². The van der Waals surface area contributed by atoms with Crippen LogP contribution in [0.4, 0.5) is 0 Å². The van der Waals surface area contributed by atoms with Crippen molar-refractivity contribution in [3.63, 3.8) is 0 Å². The van der Waals surface area contributed by atoms with E-state index < -0.39 is 0 Å². The van der Waals surface area contributed by atoms with Crippen LogP contribution in [0.3, 0.4) is 0 Å². The summed E-state index contributed by atoms with van der Waals surface area (Å²) in [6.07, 6.45) is 0. The van der Waals surface area contributed by atoms with Gasteiger partial charge in [-0.05, 0) is 42.5 Å². The van der Waals surface area contributed by atoms with Gasteiger partial charge in [-0.15, -0.1) is 0 Å². The SMILES string of the molecule is Cn1c(=S)[nH]c2cc(C(=O)NCc3nc4ccccc4[nH]3)ccc2c1=O. The zero-order valence-electron chi connectivity index (χ0n) is 13.9. The highest BCUT2D eigenvalue weighted by molar-refractivity contribution is 7.71. The van der Waals surface area contributed by atoms with E-state index in [1.54, 1.807) is 25.2 Å². The monoisotopic (exact) mass is 365 g/mol. The summed E-state index contributed by atoms with van der Waals surface area (Å²) in [4.78, 5) is 35.2. The zero-order valence-corrected chi connectivity index (χ0v) is 14.7. The molecule has 0 bridgehead atoms. The first-order valence-electron chi connectivity index (χ1n) is 7.98. The molecular formula is C18H15N5O2S. The van der Waals surface area contributed by atoms with Crippen molar-refractivity contribution >= 4 is 40.1 Å². The van der Waals surface area contributed by atoms with Crippen molar-refractivity contribution in [3.05, 3.63) is 69.0 Å². The maximum atomic E-state index is 12.4. The Bertz CT molecular complexity index is 1240. The third-order valence-corrected chi connectivity index (χ3v) is 4.59. The lowest BCUT2D eigenvalue weighted by Crippen LogP contribution is -2.24. The first kappa shape index (κ1) is 16.2. The summed E-state index contributed by atoms with van der Waals surface area (Å²) in [7, 11) is 1.61. The lowest BCUT2D eigenvalue weighted by molar-refractivity contribution is 0.0950. The minimum absolute atomic E-state index is 0.196. The van der Waals surface area contributed by atoms with Crippen molar-refractivity contribution < 1.29 is 4.79 Å². The van der Waals surface area contributed by atoms with Crippen LogP contribution in [0.2, 0.25) is 0 Å². The molecule has 0 atom stereocenters. The fourth-order valence-electron chi connectivity index (χ4n) is 2.80. The molecule has 2 aromatic carbocycles. The van der Waals surface area contributed by atoms with Gasteiger partial charge in [0.05, 0.1) is 28.5 Å². The Morgan fingerprint density at radius 3 is 2.81 bits per heavy atom. The molecule has 8 heteroatoms. The molecule has 2 aromatic heterocycles. The van der Waals surface area contributed by atoms with E-state index in [4.69, 9.17) is 12.2 Å². The number of carbonyl (C=O) groups excluding carboxylic acids is 1. The summed E-state index contributed by atoms with van der Waals surface area (Å²) >= 11 is 5.12. The van der Waals surface area contributed by atoms with Crippen molar-refractivity contribution in [3.8, 4) is 0 Å². The molecule has 0 saturated heterocycles. The third kappa shape index (κ3) is 2.80. The topological polar surface area (TPSA) is 95.6 Å². The van der Waals surface area contributed by atoms with E-state index in [-0.39, 0.29) is 18.0 Å². The number of nitrogens with zero attached hydrogens (tertiary/aromatic N) is 2. The van der Waals surface area contributed by atoms with E-state index in [1.165, 1.54) is 4.57 Å². The average molecular weight is 365 g/mol. The highest BCUT2D eigenvalue weighted by atomic mass is 32.1. The van der Waals surface area contributed by atoms with Gasteiger partial charge in [0.2, 0.25) is 0 Å². The number of hydrogen-bond donors (Lipinski definition) is 3. The fraction of sp³-hybridized carbons (Fsp3) is 0.111.